The molecule has 9 rings (SSSR count). The molecule has 8 aromatic rings. The molecule has 0 aliphatic carbocycles. The Kier molecular flexibility index (Phi) is 5.71. The fourth-order valence-corrected chi connectivity index (χ4v) is 6.26. The number of hydrogen-bond acceptors (Lipinski definition) is 6. The Morgan fingerprint density at radius 2 is 0.978 bits per heavy atom. The summed E-state index contributed by atoms with van der Waals surface area (Å²) in [5.41, 5.74) is 7.56. The normalized spacial score (nSPS) is 12.0. The minimum absolute atomic E-state index is 0.588. The number of fused-ring (bicyclic) bond motifs is 4. The lowest BCUT2D eigenvalue weighted by Crippen LogP contribution is -2.18. The van der Waals surface area contributed by atoms with Crippen LogP contribution >= 0.6 is 0 Å². The molecular weight excluding hydrogens is 552 g/mol. The molecule has 0 saturated carbocycles. The molecule has 4 heterocycles. The van der Waals surface area contributed by atoms with E-state index in [4.69, 9.17) is 24.9 Å². The van der Waals surface area contributed by atoms with Gasteiger partial charge in [0.05, 0.1) is 28.0 Å². The predicted molar refractivity (Wildman–Crippen MR) is 180 cm³/mol. The predicted octanol–water partition coefficient (Wildman–Crippen LogP) is 9.42. The second kappa shape index (κ2) is 10.2. The van der Waals surface area contributed by atoms with E-state index < -0.39 is 0 Å². The van der Waals surface area contributed by atoms with Crippen LogP contribution in [0.3, 0.4) is 0 Å². The third kappa shape index (κ3) is 4.07. The summed E-state index contributed by atoms with van der Waals surface area (Å²) in [7, 11) is 0. The maximum absolute atomic E-state index is 5.29. The first-order valence-electron chi connectivity index (χ1n) is 14.9. The maximum Gasteiger partial charge on any atom is 0.166 e. The molecule has 0 saturated heterocycles. The van der Waals surface area contributed by atoms with Crippen molar-refractivity contribution in [3.8, 4) is 45.4 Å². The van der Waals surface area contributed by atoms with Gasteiger partial charge in [0.15, 0.2) is 17.5 Å². The first-order valence-corrected chi connectivity index (χ1v) is 14.9. The summed E-state index contributed by atoms with van der Waals surface area (Å²) in [6.07, 6.45) is 1.90. The summed E-state index contributed by atoms with van der Waals surface area (Å²) >= 11 is 0. The van der Waals surface area contributed by atoms with Crippen molar-refractivity contribution in [1.29, 1.82) is 0 Å². The average molecular weight is 577 g/mol. The molecular formula is C39H24N6. The number of hydrogen-bond donors (Lipinski definition) is 0. The smallest absolute Gasteiger partial charge is 0.166 e. The second-order valence-corrected chi connectivity index (χ2v) is 10.9. The number of pyridine rings is 2. The molecule has 5 aromatic carbocycles. The molecule has 6 heteroatoms. The molecule has 210 valence electrons. The Balaban J connectivity index is 1.34. The first-order chi connectivity index (χ1) is 22.3. The number of anilines is 3. The van der Waals surface area contributed by atoms with Crippen molar-refractivity contribution < 1.29 is 0 Å². The fraction of sp³-hybridized carbons (Fsp3) is 0. The van der Waals surface area contributed by atoms with Crippen LogP contribution < -0.4 is 4.90 Å². The van der Waals surface area contributed by atoms with Gasteiger partial charge in [-0.25, -0.2) is 19.9 Å². The van der Waals surface area contributed by atoms with Crippen molar-refractivity contribution in [1.82, 2.24) is 24.9 Å². The summed E-state index contributed by atoms with van der Waals surface area (Å²) in [6, 6.07) is 47.2. The van der Waals surface area contributed by atoms with E-state index in [-0.39, 0.29) is 0 Å². The van der Waals surface area contributed by atoms with Crippen molar-refractivity contribution in [3.05, 3.63) is 146 Å². The molecule has 0 amide bonds. The van der Waals surface area contributed by atoms with Gasteiger partial charge in [0.25, 0.3) is 0 Å². The molecule has 0 fully saturated rings. The molecule has 0 unspecified atom stereocenters. The quantitative estimate of drug-likeness (QED) is 0.194. The molecule has 0 radical (unpaired) electrons. The zero-order valence-electron chi connectivity index (χ0n) is 24.0. The van der Waals surface area contributed by atoms with Gasteiger partial charge in [-0.15, -0.1) is 0 Å². The van der Waals surface area contributed by atoms with E-state index in [9.17, 15) is 0 Å². The van der Waals surface area contributed by atoms with Gasteiger partial charge in [-0.3, -0.25) is 9.88 Å². The topological polar surface area (TPSA) is 67.7 Å². The van der Waals surface area contributed by atoms with E-state index >= 15 is 0 Å². The van der Waals surface area contributed by atoms with Crippen LogP contribution in [0.4, 0.5) is 17.2 Å². The maximum atomic E-state index is 5.29. The third-order valence-electron chi connectivity index (χ3n) is 8.29. The Labute approximate surface area is 259 Å². The van der Waals surface area contributed by atoms with Gasteiger partial charge in [0.1, 0.15) is 5.82 Å². The molecule has 6 nitrogen and oxygen atoms in total. The lowest BCUT2D eigenvalue weighted by atomic mass is 9.95. The van der Waals surface area contributed by atoms with Crippen LogP contribution in [0.2, 0.25) is 0 Å². The largest absolute Gasteiger partial charge is 0.293 e. The van der Waals surface area contributed by atoms with Gasteiger partial charge in [-0.1, -0.05) is 109 Å². The van der Waals surface area contributed by atoms with Gasteiger partial charge in [0, 0.05) is 33.8 Å². The van der Waals surface area contributed by atoms with Gasteiger partial charge < -0.3 is 0 Å². The monoisotopic (exact) mass is 576 g/mol. The van der Waals surface area contributed by atoms with Gasteiger partial charge in [0.2, 0.25) is 0 Å². The highest BCUT2D eigenvalue weighted by molar-refractivity contribution is 6.19. The summed E-state index contributed by atoms with van der Waals surface area (Å²) in [5.74, 6) is 2.66. The number of benzene rings is 5. The molecule has 3 aromatic heterocycles. The molecule has 0 spiro atoms. The van der Waals surface area contributed by atoms with Crippen molar-refractivity contribution in [2.75, 3.05) is 4.90 Å². The van der Waals surface area contributed by atoms with Gasteiger partial charge in [-0.05, 0) is 35.7 Å². The number of para-hydroxylation sites is 3. The van der Waals surface area contributed by atoms with Crippen LogP contribution in [0.1, 0.15) is 0 Å². The second-order valence-electron chi connectivity index (χ2n) is 10.9. The molecule has 1 aliphatic heterocycles. The molecule has 0 N–H and O–H groups in total. The highest BCUT2D eigenvalue weighted by Crippen LogP contribution is 2.51. The summed E-state index contributed by atoms with van der Waals surface area (Å²) in [5, 5.41) is 3.25. The van der Waals surface area contributed by atoms with Crippen LogP contribution in [0.25, 0.3) is 67.1 Å². The highest BCUT2D eigenvalue weighted by atomic mass is 15.2. The zero-order chi connectivity index (χ0) is 29.7. The highest BCUT2D eigenvalue weighted by Gasteiger charge is 2.31. The van der Waals surface area contributed by atoms with Gasteiger partial charge >= 0.3 is 0 Å². The van der Waals surface area contributed by atoms with E-state index in [2.05, 4.69) is 71.6 Å². The fourth-order valence-electron chi connectivity index (χ4n) is 6.26. The minimum atomic E-state index is 0.588. The van der Waals surface area contributed by atoms with Crippen LogP contribution in [-0.2, 0) is 0 Å². The molecule has 0 atom stereocenters. The third-order valence-corrected chi connectivity index (χ3v) is 8.29. The van der Waals surface area contributed by atoms with Crippen LogP contribution in [0, 0.1) is 0 Å². The van der Waals surface area contributed by atoms with E-state index in [1.165, 1.54) is 0 Å². The van der Waals surface area contributed by atoms with Gasteiger partial charge in [-0.2, -0.15) is 0 Å². The Hall–Kier alpha value is -6.27. The van der Waals surface area contributed by atoms with Crippen molar-refractivity contribution in [3.63, 3.8) is 0 Å². The van der Waals surface area contributed by atoms with Crippen molar-refractivity contribution >= 4 is 38.9 Å². The summed E-state index contributed by atoms with van der Waals surface area (Å²) in [6.45, 7) is 0. The number of rotatable bonds is 4. The molecule has 45 heavy (non-hydrogen) atoms. The Morgan fingerprint density at radius 3 is 1.69 bits per heavy atom. The number of aromatic nitrogens is 5. The molecule has 1 aliphatic rings. The lowest BCUT2D eigenvalue weighted by Gasteiger charge is -2.33. The zero-order valence-corrected chi connectivity index (χ0v) is 24.0. The van der Waals surface area contributed by atoms with E-state index in [1.807, 2.05) is 79.0 Å². The summed E-state index contributed by atoms with van der Waals surface area (Å²) in [4.78, 5) is 27.5. The van der Waals surface area contributed by atoms with Crippen LogP contribution in [0.5, 0.6) is 0 Å². The average Bonchev–Trinajstić information content (AvgIpc) is 3.12. The molecule has 0 bridgehead atoms. The minimum Gasteiger partial charge on any atom is -0.293 e. The Morgan fingerprint density at radius 1 is 0.422 bits per heavy atom. The SMILES string of the molecule is c1ccc(-c2nc(-c3ccccc3)nc(-c3ccccc3N3c4ccccc4-c4nccc5c4c3nc3ccccc35)n2)cc1. The van der Waals surface area contributed by atoms with Crippen molar-refractivity contribution in [2.45, 2.75) is 0 Å². The van der Waals surface area contributed by atoms with Crippen LogP contribution in [0.15, 0.2) is 146 Å². The summed E-state index contributed by atoms with van der Waals surface area (Å²) < 4.78 is 0. The number of nitrogens with zero attached hydrogens (tertiary/aromatic N) is 6. The van der Waals surface area contributed by atoms with Crippen LogP contribution in [-0.4, -0.2) is 24.9 Å². The Bertz CT molecular complexity index is 2330. The lowest BCUT2D eigenvalue weighted by molar-refractivity contribution is 1.07. The van der Waals surface area contributed by atoms with E-state index in [1.54, 1.807) is 0 Å². The first kappa shape index (κ1) is 25.2. The van der Waals surface area contributed by atoms with Crippen molar-refractivity contribution in [2.24, 2.45) is 0 Å². The standard InChI is InChI=1S/C39H24N6/c1-3-13-25(14-4-1)36-42-37(26-15-5-2-6-16-26)44-38(43-36)30-19-9-12-22-33(30)45-32-21-11-8-18-29(32)35-34-28(23-24-40-35)27-17-7-10-20-31(27)41-39(34)45/h1-24H. The van der Waals surface area contributed by atoms with E-state index in [0.29, 0.717) is 17.5 Å². The van der Waals surface area contributed by atoms with E-state index in [0.717, 1.165) is 66.8 Å².